The van der Waals surface area contributed by atoms with E-state index in [1.807, 2.05) is 44.2 Å². The Balaban J connectivity index is 1.51. The second-order valence-corrected chi connectivity index (χ2v) is 9.98. The van der Waals surface area contributed by atoms with Gasteiger partial charge in [-0.1, -0.05) is 30.3 Å². The molecule has 0 spiro atoms. The molecule has 2 saturated heterocycles. The van der Waals surface area contributed by atoms with Crippen LogP contribution in [0.15, 0.2) is 35.2 Å². The number of carbonyl (C=O) groups excluding carboxylic acids is 1. The van der Waals surface area contributed by atoms with Gasteiger partial charge in [0.25, 0.3) is 0 Å². The number of nitrogens with one attached hydrogen (secondary N) is 2. The molecule has 2 N–H and O–H groups in total. The molecule has 1 amide bonds. The third-order valence-electron chi connectivity index (χ3n) is 6.26. The molecule has 2 aliphatic rings. The number of aromatic nitrogens is 2. The Morgan fingerprint density at radius 1 is 1.10 bits per heavy atom. The minimum Gasteiger partial charge on any atom is -0.295 e. The molecule has 9 nitrogen and oxygen atoms in total. The van der Waals surface area contributed by atoms with Gasteiger partial charge >= 0.3 is 0 Å². The van der Waals surface area contributed by atoms with Crippen molar-refractivity contribution in [3.8, 4) is 0 Å². The summed E-state index contributed by atoms with van der Waals surface area (Å²) in [7, 11) is -3.61. The monoisotopic (exact) mass is 446 g/mol. The van der Waals surface area contributed by atoms with E-state index >= 15 is 0 Å². The number of benzene rings is 1. The molecule has 3 heterocycles. The summed E-state index contributed by atoms with van der Waals surface area (Å²) in [6, 6.07) is 9.93. The van der Waals surface area contributed by atoms with Crippen LogP contribution in [0.25, 0.3) is 0 Å². The van der Waals surface area contributed by atoms with Crippen molar-refractivity contribution in [3.05, 3.63) is 47.3 Å². The van der Waals surface area contributed by atoms with E-state index in [1.165, 1.54) is 0 Å². The number of piperazine rings is 1. The van der Waals surface area contributed by atoms with E-state index in [1.54, 1.807) is 15.9 Å². The van der Waals surface area contributed by atoms with Crippen molar-refractivity contribution < 1.29 is 13.2 Å². The lowest BCUT2D eigenvalue weighted by Gasteiger charge is -2.43. The zero-order valence-corrected chi connectivity index (χ0v) is 19.0. The highest BCUT2D eigenvalue weighted by Gasteiger charge is 2.39. The first kappa shape index (κ1) is 21.9. The van der Waals surface area contributed by atoms with Crippen LogP contribution < -0.4 is 10.9 Å². The maximum Gasteiger partial charge on any atom is 0.246 e. The summed E-state index contributed by atoms with van der Waals surface area (Å²) >= 11 is 0. The third-order valence-corrected chi connectivity index (χ3v) is 8.41. The van der Waals surface area contributed by atoms with E-state index in [0.29, 0.717) is 55.4 Å². The van der Waals surface area contributed by atoms with Crippen molar-refractivity contribution in [1.29, 1.82) is 0 Å². The molecule has 10 heteroatoms. The first-order valence-corrected chi connectivity index (χ1v) is 12.1. The minimum atomic E-state index is -3.61. The summed E-state index contributed by atoms with van der Waals surface area (Å²) < 4.78 is 30.0. The predicted octanol–water partition coefficient (Wildman–Crippen LogP) is 0.961. The molecule has 0 saturated carbocycles. The molecule has 2 fully saturated rings. The zero-order chi connectivity index (χ0) is 22.2. The molecule has 0 bridgehead atoms. The van der Waals surface area contributed by atoms with Crippen molar-refractivity contribution in [1.82, 2.24) is 29.8 Å². The Morgan fingerprint density at radius 2 is 1.77 bits per heavy atom. The molecule has 2 aliphatic heterocycles. The quantitative estimate of drug-likeness (QED) is 0.710. The topological polar surface area (TPSA) is 99.6 Å². The van der Waals surface area contributed by atoms with Gasteiger partial charge in [0.15, 0.2) is 0 Å². The Labute approximate surface area is 183 Å². The van der Waals surface area contributed by atoms with Crippen molar-refractivity contribution in [2.75, 3.05) is 26.2 Å². The normalized spacial score (nSPS) is 23.6. The van der Waals surface area contributed by atoms with Crippen LogP contribution in [0.5, 0.6) is 0 Å². The van der Waals surface area contributed by atoms with Crippen LogP contribution in [-0.2, 0) is 21.4 Å². The van der Waals surface area contributed by atoms with E-state index < -0.39 is 10.0 Å². The highest BCUT2D eigenvalue weighted by Crippen LogP contribution is 2.29. The fourth-order valence-corrected chi connectivity index (χ4v) is 6.48. The summed E-state index contributed by atoms with van der Waals surface area (Å²) in [4.78, 5) is 14.6. The van der Waals surface area contributed by atoms with Crippen LogP contribution >= 0.6 is 0 Å². The molecular weight excluding hydrogens is 416 g/mol. The SMILES string of the molecule is CCn1nc(C)c(S(=O)(=O)N2CCN(C3CC(=O)NNC3c3ccccc3)CC2)c1C. The predicted molar refractivity (Wildman–Crippen MR) is 117 cm³/mol. The Kier molecular flexibility index (Phi) is 6.16. The smallest absolute Gasteiger partial charge is 0.246 e. The molecule has 0 radical (unpaired) electrons. The van der Waals surface area contributed by atoms with Crippen molar-refractivity contribution >= 4 is 15.9 Å². The van der Waals surface area contributed by atoms with Gasteiger partial charge in [0.1, 0.15) is 4.90 Å². The lowest BCUT2D eigenvalue weighted by Crippen LogP contribution is -2.60. The van der Waals surface area contributed by atoms with Gasteiger partial charge in [0.05, 0.1) is 17.4 Å². The largest absolute Gasteiger partial charge is 0.295 e. The zero-order valence-electron chi connectivity index (χ0n) is 18.2. The average molecular weight is 447 g/mol. The fraction of sp³-hybridized carbons (Fsp3) is 0.524. The molecule has 4 rings (SSSR count). The number of aryl methyl sites for hydroxylation is 2. The van der Waals surface area contributed by atoms with Gasteiger partial charge in [0.2, 0.25) is 15.9 Å². The van der Waals surface area contributed by atoms with Gasteiger partial charge in [0, 0.05) is 45.2 Å². The fourth-order valence-electron chi connectivity index (χ4n) is 4.69. The second-order valence-electron chi connectivity index (χ2n) is 8.11. The number of amides is 1. The molecular formula is C21H30N6O3S. The number of nitrogens with zero attached hydrogens (tertiary/aromatic N) is 4. The molecule has 168 valence electrons. The number of sulfonamides is 1. The maximum absolute atomic E-state index is 13.4. The number of hydrogen-bond acceptors (Lipinski definition) is 6. The average Bonchev–Trinajstić information content (AvgIpc) is 3.08. The maximum atomic E-state index is 13.4. The minimum absolute atomic E-state index is 0.0349. The van der Waals surface area contributed by atoms with Gasteiger partial charge < -0.3 is 0 Å². The van der Waals surface area contributed by atoms with Gasteiger partial charge in [-0.15, -0.1) is 0 Å². The first-order valence-electron chi connectivity index (χ1n) is 10.7. The molecule has 2 unspecified atom stereocenters. The van der Waals surface area contributed by atoms with Gasteiger partial charge in [-0.25, -0.2) is 13.8 Å². The number of hydrazine groups is 1. The summed E-state index contributed by atoms with van der Waals surface area (Å²) in [5, 5.41) is 4.38. The van der Waals surface area contributed by atoms with E-state index in [9.17, 15) is 13.2 Å². The number of rotatable bonds is 5. The Hall–Kier alpha value is -2.27. The van der Waals surface area contributed by atoms with Gasteiger partial charge in [-0.3, -0.25) is 19.8 Å². The standard InChI is InChI=1S/C21H30N6O3S/c1-4-27-16(3)21(15(2)24-27)31(29,30)26-12-10-25(11-13-26)18-14-19(28)22-23-20(18)17-8-6-5-7-9-17/h5-9,18,20,23H,4,10-14H2,1-3H3,(H,22,28). The van der Waals surface area contributed by atoms with Crippen LogP contribution in [-0.4, -0.2) is 65.5 Å². The van der Waals surface area contributed by atoms with E-state index in [4.69, 9.17) is 0 Å². The second kappa shape index (κ2) is 8.70. The summed E-state index contributed by atoms with van der Waals surface area (Å²) in [6.45, 7) is 8.06. The van der Waals surface area contributed by atoms with E-state index in [-0.39, 0.29) is 18.0 Å². The van der Waals surface area contributed by atoms with Crippen LogP contribution in [0.1, 0.15) is 36.3 Å². The molecule has 2 aromatic rings. The van der Waals surface area contributed by atoms with Crippen molar-refractivity contribution in [2.45, 2.75) is 50.7 Å². The summed E-state index contributed by atoms with van der Waals surface area (Å²) in [6.07, 6.45) is 0.376. The van der Waals surface area contributed by atoms with Crippen LogP contribution in [0, 0.1) is 13.8 Å². The summed E-state index contributed by atoms with van der Waals surface area (Å²) in [5.74, 6) is -0.0505. The van der Waals surface area contributed by atoms with Crippen molar-refractivity contribution in [3.63, 3.8) is 0 Å². The molecule has 1 aromatic carbocycles. The van der Waals surface area contributed by atoms with Crippen molar-refractivity contribution in [2.24, 2.45) is 0 Å². The molecule has 31 heavy (non-hydrogen) atoms. The molecule has 2 atom stereocenters. The number of carbonyl (C=O) groups is 1. The molecule has 0 aliphatic carbocycles. The lowest BCUT2D eigenvalue weighted by molar-refractivity contribution is -0.127. The molecule has 1 aromatic heterocycles. The van der Waals surface area contributed by atoms with Crippen LogP contribution in [0.2, 0.25) is 0 Å². The van der Waals surface area contributed by atoms with E-state index in [0.717, 1.165) is 5.56 Å². The van der Waals surface area contributed by atoms with Crippen LogP contribution in [0.3, 0.4) is 0 Å². The first-order chi connectivity index (χ1) is 14.8. The highest BCUT2D eigenvalue weighted by molar-refractivity contribution is 7.89. The third kappa shape index (κ3) is 4.12. The van der Waals surface area contributed by atoms with Gasteiger partial charge in [-0.05, 0) is 26.3 Å². The summed E-state index contributed by atoms with van der Waals surface area (Å²) in [5.41, 5.74) is 8.20. The van der Waals surface area contributed by atoms with Gasteiger partial charge in [-0.2, -0.15) is 9.40 Å². The number of hydrogen-bond donors (Lipinski definition) is 2. The Morgan fingerprint density at radius 3 is 2.39 bits per heavy atom. The highest BCUT2D eigenvalue weighted by atomic mass is 32.2. The Bertz CT molecular complexity index is 1040. The van der Waals surface area contributed by atoms with Crippen LogP contribution in [0.4, 0.5) is 0 Å². The van der Waals surface area contributed by atoms with E-state index in [2.05, 4.69) is 20.9 Å². The lowest BCUT2D eigenvalue weighted by atomic mass is 9.94.